The molecule has 0 radical (unpaired) electrons. The van der Waals surface area contributed by atoms with Crippen LogP contribution in [-0.4, -0.2) is 45.7 Å². The lowest BCUT2D eigenvalue weighted by Crippen LogP contribution is -2.29. The summed E-state index contributed by atoms with van der Waals surface area (Å²) in [6.45, 7) is 2.25. The zero-order valence-electron chi connectivity index (χ0n) is 21.4. The van der Waals surface area contributed by atoms with Gasteiger partial charge in [0.2, 0.25) is 5.13 Å². The molecule has 1 aliphatic rings. The summed E-state index contributed by atoms with van der Waals surface area (Å²) in [5.74, 6) is -1.22. The lowest BCUT2D eigenvalue weighted by atomic mass is 9.95. The zero-order valence-corrected chi connectivity index (χ0v) is 23.0. The van der Waals surface area contributed by atoms with E-state index in [1.54, 1.807) is 48.5 Å². The first kappa shape index (κ1) is 27.3. The molecule has 40 heavy (non-hydrogen) atoms. The van der Waals surface area contributed by atoms with Gasteiger partial charge in [0.05, 0.1) is 25.3 Å². The van der Waals surface area contributed by atoms with Gasteiger partial charge < -0.3 is 14.6 Å². The minimum atomic E-state index is -1.03. The number of pyridine rings is 1. The molecule has 1 amide bonds. The van der Waals surface area contributed by atoms with Crippen molar-refractivity contribution in [1.82, 2.24) is 15.2 Å². The minimum Gasteiger partial charge on any atom is -0.507 e. The van der Waals surface area contributed by atoms with Crippen LogP contribution in [0.4, 0.5) is 9.52 Å². The second kappa shape index (κ2) is 11.8. The van der Waals surface area contributed by atoms with Crippen LogP contribution in [-0.2, 0) is 15.3 Å². The second-order valence-electron chi connectivity index (χ2n) is 8.48. The van der Waals surface area contributed by atoms with E-state index in [1.165, 1.54) is 42.2 Å². The molecule has 5 rings (SSSR count). The molecule has 9 nitrogen and oxygen atoms in total. The number of thioether (sulfide) groups is 1. The lowest BCUT2D eigenvalue weighted by Gasteiger charge is -2.23. The van der Waals surface area contributed by atoms with E-state index in [4.69, 9.17) is 9.47 Å². The molecule has 0 bridgehead atoms. The molecule has 2 aromatic heterocycles. The molecule has 0 saturated carbocycles. The number of hydrogen-bond acceptors (Lipinski definition) is 10. The number of ether oxygens (including phenoxy) is 2. The number of benzene rings is 2. The summed E-state index contributed by atoms with van der Waals surface area (Å²) in [4.78, 5) is 32.0. The molecule has 1 saturated heterocycles. The average molecular weight is 579 g/mol. The van der Waals surface area contributed by atoms with Gasteiger partial charge >= 0.3 is 5.91 Å². The van der Waals surface area contributed by atoms with Crippen LogP contribution in [0, 0.1) is 5.82 Å². The van der Waals surface area contributed by atoms with Gasteiger partial charge in [-0.1, -0.05) is 47.4 Å². The molecule has 1 aliphatic heterocycles. The van der Waals surface area contributed by atoms with Crippen molar-refractivity contribution in [3.8, 4) is 11.5 Å². The fraction of sp³-hybridized carbons (Fsp3) is 0.179. The third-order valence-electron chi connectivity index (χ3n) is 6.11. The zero-order chi connectivity index (χ0) is 28.2. The van der Waals surface area contributed by atoms with Gasteiger partial charge in [0.15, 0.2) is 15.8 Å². The third-order valence-corrected chi connectivity index (χ3v) is 8.22. The molecule has 1 unspecified atom stereocenters. The predicted octanol–water partition coefficient (Wildman–Crippen LogP) is 5.40. The van der Waals surface area contributed by atoms with E-state index in [1.807, 2.05) is 6.92 Å². The van der Waals surface area contributed by atoms with E-state index in [-0.39, 0.29) is 22.3 Å². The number of aliphatic hydroxyl groups is 1. The number of methoxy groups -OCH3 is 1. The smallest absolute Gasteiger partial charge is 0.301 e. The normalized spacial score (nSPS) is 16.4. The number of hydrogen-bond donors (Lipinski definition) is 1. The van der Waals surface area contributed by atoms with E-state index in [0.29, 0.717) is 44.9 Å². The van der Waals surface area contributed by atoms with Gasteiger partial charge in [0.25, 0.3) is 5.78 Å². The van der Waals surface area contributed by atoms with Crippen LogP contribution in [0.1, 0.15) is 29.7 Å². The molecule has 1 fully saturated rings. The molecule has 4 aromatic rings. The van der Waals surface area contributed by atoms with Crippen LogP contribution < -0.4 is 14.4 Å². The van der Waals surface area contributed by atoms with Crippen LogP contribution in [0.15, 0.2) is 76.9 Å². The van der Waals surface area contributed by atoms with Crippen molar-refractivity contribution < 1.29 is 28.6 Å². The molecule has 1 N–H and O–H groups in total. The van der Waals surface area contributed by atoms with Crippen LogP contribution in [0.2, 0.25) is 0 Å². The summed E-state index contributed by atoms with van der Waals surface area (Å²) in [7, 11) is 1.49. The number of carbonyl (C=O) groups is 2. The fourth-order valence-corrected chi connectivity index (χ4v) is 6.11. The quantitative estimate of drug-likeness (QED) is 0.0917. The number of nitrogens with zero attached hydrogens (tertiary/aromatic N) is 4. The van der Waals surface area contributed by atoms with Gasteiger partial charge in [-0.2, -0.15) is 0 Å². The Bertz CT molecular complexity index is 1590. The number of aliphatic hydroxyl groups excluding tert-OH is 1. The Morgan fingerprint density at radius 3 is 2.60 bits per heavy atom. The van der Waals surface area contributed by atoms with Crippen LogP contribution in [0.25, 0.3) is 5.76 Å². The topological polar surface area (TPSA) is 115 Å². The molecular formula is C28H23FN4O5S2. The Morgan fingerprint density at radius 2 is 1.88 bits per heavy atom. The molecular weight excluding hydrogens is 555 g/mol. The number of aromatic nitrogens is 3. The average Bonchev–Trinajstić information content (AvgIpc) is 3.55. The van der Waals surface area contributed by atoms with Gasteiger partial charge in [-0.3, -0.25) is 19.5 Å². The Hall–Kier alpha value is -4.29. The van der Waals surface area contributed by atoms with Crippen molar-refractivity contribution in [2.24, 2.45) is 0 Å². The highest BCUT2D eigenvalue weighted by Crippen LogP contribution is 2.45. The minimum absolute atomic E-state index is 0.113. The summed E-state index contributed by atoms with van der Waals surface area (Å²) in [6, 6.07) is 13.5. The highest BCUT2D eigenvalue weighted by molar-refractivity contribution is 8.00. The van der Waals surface area contributed by atoms with E-state index >= 15 is 0 Å². The molecule has 204 valence electrons. The van der Waals surface area contributed by atoms with E-state index in [2.05, 4.69) is 15.2 Å². The number of anilines is 1. The van der Waals surface area contributed by atoms with Crippen LogP contribution in [0.3, 0.4) is 0 Å². The number of rotatable bonds is 9. The standard InChI is InChI=1S/C28H23FN4O5S2/c1-3-38-20-9-8-17(14-21(20)37-2)23-22(24(34)16-10-12-30-13-11-16)25(35)26(36)33(23)27-31-32-28(40-27)39-15-18-6-4-5-7-19(18)29/h4-14,23,34H,3,15H2,1-2H3/b24-22+. The van der Waals surface area contributed by atoms with Crippen molar-refractivity contribution in [2.75, 3.05) is 18.6 Å². The first-order chi connectivity index (χ1) is 19.4. The fourth-order valence-electron chi connectivity index (χ4n) is 4.25. The summed E-state index contributed by atoms with van der Waals surface area (Å²) in [5, 5.41) is 19.7. The van der Waals surface area contributed by atoms with Crippen molar-refractivity contribution in [2.45, 2.75) is 23.1 Å². The van der Waals surface area contributed by atoms with Crippen molar-refractivity contribution in [1.29, 1.82) is 0 Å². The monoisotopic (exact) mass is 578 g/mol. The second-order valence-corrected chi connectivity index (χ2v) is 10.7. The maximum Gasteiger partial charge on any atom is 0.301 e. The van der Waals surface area contributed by atoms with Crippen LogP contribution in [0.5, 0.6) is 11.5 Å². The van der Waals surface area contributed by atoms with Crippen LogP contribution >= 0.6 is 23.1 Å². The Kier molecular flexibility index (Phi) is 8.08. The number of carbonyl (C=O) groups excluding carboxylic acids is 2. The number of halogens is 1. The number of ketones is 1. The maximum atomic E-state index is 14.1. The molecule has 0 aliphatic carbocycles. The SMILES string of the molecule is CCOc1ccc(C2/C(=C(\O)c3ccncc3)C(=O)C(=O)N2c2nnc(SCc3ccccc3F)s2)cc1OC. The van der Waals surface area contributed by atoms with Gasteiger partial charge in [-0.15, -0.1) is 10.2 Å². The number of amides is 1. The van der Waals surface area contributed by atoms with Crippen molar-refractivity contribution >= 4 is 45.7 Å². The van der Waals surface area contributed by atoms with Gasteiger partial charge in [0.1, 0.15) is 11.6 Å². The Labute approximate surface area is 237 Å². The molecule has 0 spiro atoms. The Balaban J connectivity index is 1.57. The molecule has 1 atom stereocenters. The summed E-state index contributed by atoms with van der Waals surface area (Å²) in [6.07, 6.45) is 2.95. The first-order valence-corrected chi connectivity index (χ1v) is 13.9. The highest BCUT2D eigenvalue weighted by atomic mass is 32.2. The van der Waals surface area contributed by atoms with Crippen molar-refractivity contribution in [3.63, 3.8) is 0 Å². The highest BCUT2D eigenvalue weighted by Gasteiger charge is 2.48. The number of Topliss-reactive ketones (excluding diaryl/α,β-unsaturated/α-hetero) is 1. The summed E-state index contributed by atoms with van der Waals surface area (Å²) >= 11 is 2.35. The third kappa shape index (κ3) is 5.27. The largest absolute Gasteiger partial charge is 0.507 e. The maximum absolute atomic E-state index is 14.1. The summed E-state index contributed by atoms with van der Waals surface area (Å²) in [5.41, 5.74) is 1.21. The Morgan fingerprint density at radius 1 is 1.10 bits per heavy atom. The van der Waals surface area contributed by atoms with E-state index in [0.717, 1.165) is 11.3 Å². The first-order valence-electron chi connectivity index (χ1n) is 12.1. The lowest BCUT2D eigenvalue weighted by molar-refractivity contribution is -0.132. The van der Waals surface area contributed by atoms with E-state index in [9.17, 15) is 19.1 Å². The van der Waals surface area contributed by atoms with Gasteiger partial charge in [0, 0.05) is 23.7 Å². The van der Waals surface area contributed by atoms with Gasteiger partial charge in [-0.25, -0.2) is 4.39 Å². The van der Waals surface area contributed by atoms with Crippen molar-refractivity contribution in [3.05, 3.63) is 95.1 Å². The predicted molar refractivity (Wildman–Crippen MR) is 149 cm³/mol. The van der Waals surface area contributed by atoms with Gasteiger partial charge in [-0.05, 0) is 48.4 Å². The molecule has 12 heteroatoms. The molecule has 2 aromatic carbocycles. The van der Waals surface area contributed by atoms with E-state index < -0.39 is 17.7 Å². The summed E-state index contributed by atoms with van der Waals surface area (Å²) < 4.78 is 25.7. The molecule has 3 heterocycles.